The van der Waals surface area contributed by atoms with Crippen LogP contribution >= 0.6 is 0 Å². The van der Waals surface area contributed by atoms with E-state index in [1.165, 1.54) is 5.56 Å². The topological polar surface area (TPSA) is 43.9 Å². The molecule has 3 fully saturated rings. The van der Waals surface area contributed by atoms with Crippen molar-refractivity contribution in [3.05, 3.63) is 35.4 Å². The number of carbonyl (C=O) groups excluding carboxylic acids is 2. The van der Waals surface area contributed by atoms with Crippen molar-refractivity contribution >= 4 is 11.8 Å². The van der Waals surface area contributed by atoms with Crippen molar-refractivity contribution in [3.63, 3.8) is 0 Å². The molecular formula is C22H31N3O2. The van der Waals surface area contributed by atoms with E-state index in [0.29, 0.717) is 17.9 Å². The molecule has 2 amide bonds. The molecule has 146 valence electrons. The van der Waals surface area contributed by atoms with E-state index >= 15 is 0 Å². The van der Waals surface area contributed by atoms with Crippen LogP contribution in [0.15, 0.2) is 24.3 Å². The zero-order valence-electron chi connectivity index (χ0n) is 16.4. The fourth-order valence-corrected chi connectivity index (χ4v) is 4.42. The Morgan fingerprint density at radius 3 is 2.19 bits per heavy atom. The molecule has 1 saturated carbocycles. The van der Waals surface area contributed by atoms with E-state index in [9.17, 15) is 9.59 Å². The molecule has 0 aromatic heterocycles. The molecule has 1 aliphatic carbocycles. The van der Waals surface area contributed by atoms with E-state index in [1.54, 1.807) is 0 Å². The number of nitrogens with zero attached hydrogens (tertiary/aromatic N) is 3. The van der Waals surface area contributed by atoms with Crippen molar-refractivity contribution in [3.8, 4) is 0 Å². The van der Waals surface area contributed by atoms with Crippen molar-refractivity contribution in [2.24, 2.45) is 5.92 Å². The van der Waals surface area contributed by atoms with E-state index in [2.05, 4.69) is 9.80 Å². The zero-order chi connectivity index (χ0) is 18.8. The normalized spacial score (nSPS) is 22.6. The Hall–Kier alpha value is -1.88. The molecule has 0 spiro atoms. The SMILES string of the molecule is Cc1ccc(C(=O)N2CCCN(C3CCN(C(=O)C4CC4)CC3)CC2)cc1. The average Bonchev–Trinajstić information content (AvgIpc) is 3.54. The van der Waals surface area contributed by atoms with Crippen molar-refractivity contribution in [2.75, 3.05) is 39.3 Å². The van der Waals surface area contributed by atoms with Gasteiger partial charge in [0.1, 0.15) is 0 Å². The van der Waals surface area contributed by atoms with Gasteiger partial charge in [0.05, 0.1) is 0 Å². The molecule has 0 N–H and O–H groups in total. The lowest BCUT2D eigenvalue weighted by atomic mass is 10.0. The molecule has 5 nitrogen and oxygen atoms in total. The van der Waals surface area contributed by atoms with Crippen LogP contribution in [0.1, 0.15) is 48.0 Å². The lowest BCUT2D eigenvalue weighted by Crippen LogP contribution is -2.48. The number of amides is 2. The smallest absolute Gasteiger partial charge is 0.253 e. The van der Waals surface area contributed by atoms with Crippen LogP contribution in [0.2, 0.25) is 0 Å². The van der Waals surface area contributed by atoms with E-state index in [1.807, 2.05) is 36.1 Å². The van der Waals surface area contributed by atoms with Crippen molar-refractivity contribution in [1.29, 1.82) is 0 Å². The van der Waals surface area contributed by atoms with E-state index < -0.39 is 0 Å². The second-order valence-corrected chi connectivity index (χ2v) is 8.38. The monoisotopic (exact) mass is 369 g/mol. The second-order valence-electron chi connectivity index (χ2n) is 8.38. The quantitative estimate of drug-likeness (QED) is 0.822. The Labute approximate surface area is 162 Å². The molecule has 1 aromatic carbocycles. The van der Waals surface area contributed by atoms with Gasteiger partial charge in [0.25, 0.3) is 5.91 Å². The number of hydrogen-bond acceptors (Lipinski definition) is 3. The first-order chi connectivity index (χ1) is 13.1. The summed E-state index contributed by atoms with van der Waals surface area (Å²) in [6.07, 6.45) is 5.36. The van der Waals surface area contributed by atoms with Crippen LogP contribution in [0.3, 0.4) is 0 Å². The molecule has 0 unspecified atom stereocenters. The van der Waals surface area contributed by atoms with Crippen LogP contribution in [0.25, 0.3) is 0 Å². The maximum absolute atomic E-state index is 12.8. The maximum Gasteiger partial charge on any atom is 0.253 e. The largest absolute Gasteiger partial charge is 0.342 e. The van der Waals surface area contributed by atoms with E-state index in [-0.39, 0.29) is 5.91 Å². The van der Waals surface area contributed by atoms with Crippen molar-refractivity contribution in [2.45, 2.75) is 45.1 Å². The molecule has 4 rings (SSSR count). The Morgan fingerprint density at radius 1 is 0.815 bits per heavy atom. The van der Waals surface area contributed by atoms with Gasteiger partial charge in [0.2, 0.25) is 5.91 Å². The summed E-state index contributed by atoms with van der Waals surface area (Å²) >= 11 is 0. The lowest BCUT2D eigenvalue weighted by molar-refractivity contribution is -0.134. The van der Waals surface area contributed by atoms with Crippen LogP contribution in [0.5, 0.6) is 0 Å². The van der Waals surface area contributed by atoms with E-state index in [4.69, 9.17) is 0 Å². The van der Waals surface area contributed by atoms with Gasteiger partial charge in [-0.05, 0) is 51.2 Å². The predicted molar refractivity (Wildman–Crippen MR) is 106 cm³/mol. The number of rotatable bonds is 3. The molecule has 2 saturated heterocycles. The van der Waals surface area contributed by atoms with Gasteiger partial charge in [0, 0.05) is 56.8 Å². The minimum atomic E-state index is 0.154. The van der Waals surface area contributed by atoms with Gasteiger partial charge in [-0.15, -0.1) is 0 Å². The number of piperidine rings is 1. The zero-order valence-corrected chi connectivity index (χ0v) is 16.4. The summed E-state index contributed by atoms with van der Waals surface area (Å²) in [5.74, 6) is 0.877. The fraction of sp³-hybridized carbons (Fsp3) is 0.636. The number of likely N-dealkylation sites (tertiary alicyclic amines) is 1. The number of hydrogen-bond donors (Lipinski definition) is 0. The standard InChI is InChI=1S/C22H31N3O2/c1-17-3-5-18(6-4-17)21(26)24-12-2-11-23(15-16-24)20-9-13-25(14-10-20)22(27)19-7-8-19/h3-6,19-20H,2,7-16H2,1H3. The van der Waals surface area contributed by atoms with Crippen LogP contribution in [0, 0.1) is 12.8 Å². The highest BCUT2D eigenvalue weighted by molar-refractivity contribution is 5.94. The van der Waals surface area contributed by atoms with Gasteiger partial charge in [-0.3, -0.25) is 14.5 Å². The first-order valence-electron chi connectivity index (χ1n) is 10.5. The lowest BCUT2D eigenvalue weighted by Gasteiger charge is -2.38. The highest BCUT2D eigenvalue weighted by Gasteiger charge is 2.36. The highest BCUT2D eigenvalue weighted by atomic mass is 16.2. The summed E-state index contributed by atoms with van der Waals surface area (Å²) in [5.41, 5.74) is 1.97. The molecule has 5 heteroatoms. The maximum atomic E-state index is 12.8. The van der Waals surface area contributed by atoms with Crippen molar-refractivity contribution in [1.82, 2.24) is 14.7 Å². The third-order valence-electron chi connectivity index (χ3n) is 6.34. The summed E-state index contributed by atoms with van der Waals surface area (Å²) in [6, 6.07) is 8.45. The Kier molecular flexibility index (Phi) is 5.48. The Morgan fingerprint density at radius 2 is 1.52 bits per heavy atom. The molecule has 27 heavy (non-hydrogen) atoms. The third kappa shape index (κ3) is 4.34. The van der Waals surface area contributed by atoms with Gasteiger partial charge in [-0.2, -0.15) is 0 Å². The first-order valence-corrected chi connectivity index (χ1v) is 10.5. The molecular weight excluding hydrogens is 338 g/mol. The van der Waals surface area contributed by atoms with Crippen LogP contribution in [-0.4, -0.2) is 71.8 Å². The summed E-state index contributed by atoms with van der Waals surface area (Å²) in [4.78, 5) is 31.7. The fourth-order valence-electron chi connectivity index (χ4n) is 4.42. The Balaban J connectivity index is 1.29. The van der Waals surface area contributed by atoms with Crippen LogP contribution in [0.4, 0.5) is 0 Å². The van der Waals surface area contributed by atoms with Gasteiger partial charge < -0.3 is 9.80 Å². The first kappa shape index (κ1) is 18.5. The second kappa shape index (κ2) is 8.01. The molecule has 3 aliphatic rings. The van der Waals surface area contributed by atoms with Gasteiger partial charge >= 0.3 is 0 Å². The predicted octanol–water partition coefficient (Wildman–Crippen LogP) is 2.54. The van der Waals surface area contributed by atoms with E-state index in [0.717, 1.165) is 76.9 Å². The van der Waals surface area contributed by atoms with Crippen LogP contribution in [-0.2, 0) is 4.79 Å². The molecule has 2 aliphatic heterocycles. The average molecular weight is 370 g/mol. The molecule has 1 aromatic rings. The molecule has 2 heterocycles. The number of benzene rings is 1. The van der Waals surface area contributed by atoms with Gasteiger partial charge in [0.15, 0.2) is 0 Å². The third-order valence-corrected chi connectivity index (χ3v) is 6.34. The highest BCUT2D eigenvalue weighted by Crippen LogP contribution is 2.32. The summed E-state index contributed by atoms with van der Waals surface area (Å²) in [7, 11) is 0. The summed E-state index contributed by atoms with van der Waals surface area (Å²) in [5, 5.41) is 0. The summed E-state index contributed by atoms with van der Waals surface area (Å²) in [6.45, 7) is 7.49. The molecule has 0 atom stereocenters. The number of aryl methyl sites for hydroxylation is 1. The summed E-state index contributed by atoms with van der Waals surface area (Å²) < 4.78 is 0. The van der Waals surface area contributed by atoms with Crippen molar-refractivity contribution < 1.29 is 9.59 Å². The Bertz CT molecular complexity index is 675. The van der Waals surface area contributed by atoms with Crippen LogP contribution < -0.4 is 0 Å². The molecule has 0 bridgehead atoms. The minimum absolute atomic E-state index is 0.154. The number of carbonyl (C=O) groups is 2. The molecule has 0 radical (unpaired) electrons. The van der Waals surface area contributed by atoms with Gasteiger partial charge in [-0.25, -0.2) is 0 Å². The van der Waals surface area contributed by atoms with Gasteiger partial charge in [-0.1, -0.05) is 17.7 Å². The minimum Gasteiger partial charge on any atom is -0.342 e.